The molecule has 0 fully saturated rings. The highest BCUT2D eigenvalue weighted by Gasteiger charge is 2.18. The number of hydrogen-bond donors (Lipinski definition) is 0. The van der Waals surface area contributed by atoms with E-state index in [0.717, 1.165) is 32.1 Å². The van der Waals surface area contributed by atoms with Gasteiger partial charge in [-0.15, -0.1) is 0 Å². The normalized spacial score (nSPS) is 19.3. The van der Waals surface area contributed by atoms with Crippen molar-refractivity contribution in [3.05, 3.63) is 60.4 Å². The van der Waals surface area contributed by atoms with Crippen LogP contribution in [-0.4, -0.2) is 5.97 Å². The summed E-state index contributed by atoms with van der Waals surface area (Å²) in [7, 11) is 0. The minimum absolute atomic E-state index is 0.0279. The topological polar surface area (TPSA) is 26.3 Å². The molecule has 0 N–H and O–H groups in total. The highest BCUT2D eigenvalue weighted by Crippen LogP contribution is 2.19. The lowest BCUT2D eigenvalue weighted by molar-refractivity contribution is -0.142. The lowest BCUT2D eigenvalue weighted by atomic mass is 10.0. The molecule has 0 heterocycles. The third-order valence-corrected chi connectivity index (χ3v) is 3.32. The van der Waals surface area contributed by atoms with E-state index in [1.54, 1.807) is 0 Å². The fourth-order valence-electron chi connectivity index (χ4n) is 2.20. The lowest BCUT2D eigenvalue weighted by Crippen LogP contribution is -2.14. The molecular weight excluding hydrogens is 236 g/mol. The quantitative estimate of drug-likeness (QED) is 0.462. The first-order valence-electron chi connectivity index (χ1n) is 6.90. The highest BCUT2D eigenvalue weighted by molar-refractivity contribution is 5.73. The van der Waals surface area contributed by atoms with Gasteiger partial charge < -0.3 is 4.74 Å². The Hall–Kier alpha value is -1.83. The summed E-state index contributed by atoms with van der Waals surface area (Å²) in [5.41, 5.74) is 1.21. The molecule has 2 rings (SSSR count). The zero-order valence-electron chi connectivity index (χ0n) is 11.1. The van der Waals surface area contributed by atoms with E-state index >= 15 is 0 Å². The summed E-state index contributed by atoms with van der Waals surface area (Å²) in [5, 5.41) is 0. The van der Waals surface area contributed by atoms with Crippen molar-refractivity contribution in [2.75, 3.05) is 0 Å². The molecule has 0 bridgehead atoms. The van der Waals surface area contributed by atoms with Crippen LogP contribution in [-0.2, 0) is 16.0 Å². The Labute approximate surface area is 114 Å². The van der Waals surface area contributed by atoms with E-state index in [0.29, 0.717) is 0 Å². The maximum absolute atomic E-state index is 11.9. The smallest absolute Gasteiger partial charge is 0.314 e. The molecule has 1 aliphatic carbocycles. The van der Waals surface area contributed by atoms with Gasteiger partial charge in [0.2, 0.25) is 0 Å². The van der Waals surface area contributed by atoms with Gasteiger partial charge >= 0.3 is 5.97 Å². The molecule has 2 nitrogen and oxygen atoms in total. The van der Waals surface area contributed by atoms with E-state index < -0.39 is 0 Å². The minimum Gasteiger partial charge on any atom is -0.435 e. The first-order chi connectivity index (χ1) is 9.36. The second-order valence-corrected chi connectivity index (χ2v) is 4.83. The van der Waals surface area contributed by atoms with Gasteiger partial charge in [-0.3, -0.25) is 4.79 Å². The van der Waals surface area contributed by atoms with Crippen LogP contribution in [0.4, 0.5) is 0 Å². The molecule has 0 saturated carbocycles. The summed E-state index contributed by atoms with van der Waals surface area (Å²) in [5.74, 6) is -0.0732. The third kappa shape index (κ3) is 4.74. The Kier molecular flexibility index (Phi) is 5.42. The van der Waals surface area contributed by atoms with Gasteiger partial charge in [-0.05, 0) is 43.7 Å². The molecule has 0 aliphatic heterocycles. The first kappa shape index (κ1) is 13.6. The molecule has 1 atom stereocenters. The van der Waals surface area contributed by atoms with E-state index in [9.17, 15) is 4.79 Å². The van der Waals surface area contributed by atoms with Gasteiger partial charge in [0.05, 0.1) is 12.2 Å². The van der Waals surface area contributed by atoms with Crippen LogP contribution in [0.15, 0.2) is 54.8 Å². The number of rotatable bonds is 4. The molecule has 2 heteroatoms. The van der Waals surface area contributed by atoms with Crippen LogP contribution in [0.2, 0.25) is 0 Å². The van der Waals surface area contributed by atoms with Crippen LogP contribution in [0.1, 0.15) is 31.2 Å². The van der Waals surface area contributed by atoms with E-state index in [4.69, 9.17) is 4.74 Å². The van der Waals surface area contributed by atoms with E-state index in [1.807, 2.05) is 24.3 Å². The Bertz CT molecular complexity index is 446. The summed E-state index contributed by atoms with van der Waals surface area (Å²) >= 11 is 0. The minimum atomic E-state index is -0.101. The molecule has 0 aromatic heterocycles. The Balaban J connectivity index is 1.75. The lowest BCUT2D eigenvalue weighted by Gasteiger charge is -2.09. The number of allylic oxidation sites excluding steroid dienone is 3. The van der Waals surface area contributed by atoms with Gasteiger partial charge in [0.1, 0.15) is 0 Å². The second kappa shape index (κ2) is 7.57. The molecule has 0 radical (unpaired) electrons. The zero-order chi connectivity index (χ0) is 13.3. The van der Waals surface area contributed by atoms with Crippen LogP contribution >= 0.6 is 0 Å². The average molecular weight is 256 g/mol. The summed E-state index contributed by atoms with van der Waals surface area (Å²) in [6.07, 6.45) is 12.3. The van der Waals surface area contributed by atoms with Gasteiger partial charge in [-0.25, -0.2) is 0 Å². The number of carbonyl (C=O) groups excluding carboxylic acids is 1. The largest absolute Gasteiger partial charge is 0.435 e. The Morgan fingerprint density at radius 1 is 1.26 bits per heavy atom. The van der Waals surface area contributed by atoms with Crippen molar-refractivity contribution >= 4 is 5.97 Å². The van der Waals surface area contributed by atoms with Gasteiger partial charge in [0, 0.05) is 0 Å². The van der Waals surface area contributed by atoms with Crippen LogP contribution in [0.3, 0.4) is 0 Å². The first-order valence-corrected chi connectivity index (χ1v) is 6.90. The predicted octanol–water partition coefficient (Wildman–Crippen LogP) is 4.03. The maximum atomic E-state index is 11.9. The zero-order valence-corrected chi connectivity index (χ0v) is 11.1. The molecule has 1 aromatic rings. The van der Waals surface area contributed by atoms with Crippen molar-refractivity contribution in [1.82, 2.24) is 0 Å². The number of benzene rings is 1. The van der Waals surface area contributed by atoms with Gasteiger partial charge in [0.25, 0.3) is 0 Å². The van der Waals surface area contributed by atoms with Crippen molar-refractivity contribution in [1.29, 1.82) is 0 Å². The van der Waals surface area contributed by atoms with Crippen LogP contribution in [0.5, 0.6) is 0 Å². The van der Waals surface area contributed by atoms with Gasteiger partial charge in [-0.2, -0.15) is 0 Å². The molecule has 0 spiro atoms. The molecule has 100 valence electrons. The van der Waals surface area contributed by atoms with Gasteiger partial charge in [-0.1, -0.05) is 42.5 Å². The van der Waals surface area contributed by atoms with Crippen molar-refractivity contribution in [3.63, 3.8) is 0 Å². The highest BCUT2D eigenvalue weighted by atomic mass is 16.5. The fraction of sp³-hybridized carbons (Fsp3) is 0.353. The SMILES string of the molecule is O=C(OC=CCc1ccccc1)C1CC=CCCC1. The molecule has 0 amide bonds. The average Bonchev–Trinajstić information content (AvgIpc) is 2.73. The summed E-state index contributed by atoms with van der Waals surface area (Å²) in [4.78, 5) is 11.9. The number of esters is 1. The van der Waals surface area contributed by atoms with Crippen molar-refractivity contribution in [2.45, 2.75) is 32.1 Å². The van der Waals surface area contributed by atoms with Crippen LogP contribution < -0.4 is 0 Å². The predicted molar refractivity (Wildman–Crippen MR) is 76.5 cm³/mol. The fourth-order valence-corrected chi connectivity index (χ4v) is 2.20. The van der Waals surface area contributed by atoms with E-state index in [1.165, 1.54) is 11.8 Å². The molecule has 19 heavy (non-hydrogen) atoms. The standard InChI is InChI=1S/C17H20O2/c18-17(16-12-6-1-2-7-13-16)19-14-8-11-15-9-4-3-5-10-15/h1,3-6,8-10,14,16H,2,7,11-13H2. The molecule has 1 aromatic carbocycles. The summed E-state index contributed by atoms with van der Waals surface area (Å²) in [6, 6.07) is 10.1. The molecule has 1 unspecified atom stereocenters. The molecule has 1 aliphatic rings. The number of carbonyl (C=O) groups is 1. The van der Waals surface area contributed by atoms with Crippen LogP contribution in [0.25, 0.3) is 0 Å². The third-order valence-electron chi connectivity index (χ3n) is 3.32. The monoisotopic (exact) mass is 256 g/mol. The van der Waals surface area contributed by atoms with Crippen molar-refractivity contribution in [3.8, 4) is 0 Å². The van der Waals surface area contributed by atoms with E-state index in [2.05, 4.69) is 24.3 Å². The van der Waals surface area contributed by atoms with Crippen molar-refractivity contribution in [2.24, 2.45) is 5.92 Å². The van der Waals surface area contributed by atoms with E-state index in [-0.39, 0.29) is 11.9 Å². The molecular formula is C17H20O2. The molecule has 0 saturated heterocycles. The van der Waals surface area contributed by atoms with Crippen LogP contribution in [0, 0.1) is 5.92 Å². The Morgan fingerprint density at radius 3 is 2.95 bits per heavy atom. The van der Waals surface area contributed by atoms with Gasteiger partial charge in [0.15, 0.2) is 0 Å². The summed E-state index contributed by atoms with van der Waals surface area (Å²) < 4.78 is 5.21. The number of hydrogen-bond acceptors (Lipinski definition) is 2. The summed E-state index contributed by atoms with van der Waals surface area (Å²) in [6.45, 7) is 0. The van der Waals surface area contributed by atoms with Crippen molar-refractivity contribution < 1.29 is 9.53 Å². The second-order valence-electron chi connectivity index (χ2n) is 4.83. The number of ether oxygens (including phenoxy) is 1. The maximum Gasteiger partial charge on any atom is 0.314 e. The Morgan fingerprint density at radius 2 is 2.11 bits per heavy atom.